The van der Waals surface area contributed by atoms with Crippen molar-refractivity contribution in [2.24, 2.45) is 0 Å². The predicted molar refractivity (Wildman–Crippen MR) is 60.0 cm³/mol. The minimum absolute atomic E-state index is 0.211. The lowest BCUT2D eigenvalue weighted by atomic mass is 10.2. The quantitative estimate of drug-likeness (QED) is 0.842. The molecule has 0 radical (unpaired) electrons. The molecule has 5 nitrogen and oxygen atoms in total. The molecule has 0 saturated heterocycles. The summed E-state index contributed by atoms with van der Waals surface area (Å²) in [5.74, 6) is 0.720. The Morgan fingerprint density at radius 1 is 1.38 bits per heavy atom. The minimum Gasteiger partial charge on any atom is -0.388 e. The van der Waals surface area contributed by atoms with E-state index >= 15 is 0 Å². The zero-order valence-electron chi connectivity index (χ0n) is 9.21. The first kappa shape index (κ1) is 10.6. The van der Waals surface area contributed by atoms with Gasteiger partial charge in [-0.15, -0.1) is 0 Å². The molecular weight excluding hydrogens is 206 g/mol. The van der Waals surface area contributed by atoms with Crippen molar-refractivity contribution in [3.63, 3.8) is 0 Å². The van der Waals surface area contributed by atoms with Gasteiger partial charge in [0.15, 0.2) is 5.82 Å². The highest BCUT2D eigenvalue weighted by atomic mass is 16.5. The fourth-order valence-corrected chi connectivity index (χ4v) is 1.35. The Bertz CT molecular complexity index is 480. The van der Waals surface area contributed by atoms with Crippen LogP contribution in [0.2, 0.25) is 0 Å². The van der Waals surface area contributed by atoms with E-state index in [1.807, 2.05) is 43.3 Å². The van der Waals surface area contributed by atoms with E-state index < -0.39 is 0 Å². The molecule has 2 rings (SSSR count). The highest BCUT2D eigenvalue weighted by Crippen LogP contribution is 2.22. The maximum Gasteiger partial charge on any atom is 0.258 e. The lowest BCUT2D eigenvalue weighted by Gasteiger charge is -2.12. The van der Waals surface area contributed by atoms with Gasteiger partial charge in [-0.25, -0.2) is 0 Å². The van der Waals surface area contributed by atoms with Crippen LogP contribution in [0.5, 0.6) is 0 Å². The molecule has 1 N–H and O–H groups in total. The summed E-state index contributed by atoms with van der Waals surface area (Å²) < 4.78 is 5.04. The van der Waals surface area contributed by atoms with Crippen LogP contribution in [0, 0.1) is 0 Å². The van der Waals surface area contributed by atoms with E-state index in [-0.39, 0.29) is 6.61 Å². The van der Waals surface area contributed by atoms with E-state index in [0.29, 0.717) is 11.7 Å². The Morgan fingerprint density at radius 2 is 2.19 bits per heavy atom. The number of aromatic nitrogens is 2. The van der Waals surface area contributed by atoms with Gasteiger partial charge in [-0.3, -0.25) is 0 Å². The number of hydrogen-bond acceptors (Lipinski definition) is 5. The number of benzene rings is 1. The summed E-state index contributed by atoms with van der Waals surface area (Å²) in [4.78, 5) is 6.05. The summed E-state index contributed by atoms with van der Waals surface area (Å²) >= 11 is 0. The molecule has 0 fully saturated rings. The fraction of sp³-hybridized carbons (Fsp3) is 0.273. The van der Waals surface area contributed by atoms with Crippen LogP contribution in [0.4, 0.5) is 5.69 Å². The molecular formula is C11H13N3O2. The van der Waals surface area contributed by atoms with Gasteiger partial charge in [0.25, 0.3) is 5.89 Å². The summed E-state index contributed by atoms with van der Waals surface area (Å²) in [6.45, 7) is -0.211. The SMILES string of the molecule is CN(C)c1cccc(-c2nc(CO)no2)c1. The molecule has 84 valence electrons. The first-order chi connectivity index (χ1) is 7.70. The van der Waals surface area contributed by atoms with Crippen molar-refractivity contribution in [3.05, 3.63) is 30.1 Å². The average molecular weight is 219 g/mol. The third-order valence-electron chi connectivity index (χ3n) is 2.22. The van der Waals surface area contributed by atoms with Crippen LogP contribution in [0.3, 0.4) is 0 Å². The third-order valence-corrected chi connectivity index (χ3v) is 2.22. The Morgan fingerprint density at radius 3 is 2.81 bits per heavy atom. The van der Waals surface area contributed by atoms with Gasteiger partial charge in [0.05, 0.1) is 0 Å². The van der Waals surface area contributed by atoms with E-state index in [2.05, 4.69) is 10.1 Å². The van der Waals surface area contributed by atoms with Crippen molar-refractivity contribution >= 4 is 5.69 Å². The van der Waals surface area contributed by atoms with Gasteiger partial charge >= 0.3 is 0 Å². The van der Waals surface area contributed by atoms with E-state index in [1.54, 1.807) is 0 Å². The number of nitrogens with zero attached hydrogens (tertiary/aromatic N) is 3. The van der Waals surface area contributed by atoms with Gasteiger partial charge in [-0.2, -0.15) is 4.98 Å². The third kappa shape index (κ3) is 2.04. The zero-order chi connectivity index (χ0) is 11.5. The van der Waals surface area contributed by atoms with Gasteiger partial charge in [0.1, 0.15) is 6.61 Å². The van der Waals surface area contributed by atoms with Crippen molar-refractivity contribution < 1.29 is 9.63 Å². The minimum atomic E-state index is -0.211. The standard InChI is InChI=1S/C11H13N3O2/c1-14(2)9-5-3-4-8(6-9)11-12-10(7-15)13-16-11/h3-6,15H,7H2,1-2H3. The second-order valence-electron chi connectivity index (χ2n) is 3.62. The lowest BCUT2D eigenvalue weighted by Crippen LogP contribution is -2.08. The molecule has 0 aliphatic carbocycles. The highest BCUT2D eigenvalue weighted by Gasteiger charge is 2.08. The molecule has 0 aliphatic heterocycles. The molecule has 0 bridgehead atoms. The van der Waals surface area contributed by atoms with Crippen LogP contribution >= 0.6 is 0 Å². The van der Waals surface area contributed by atoms with E-state index in [9.17, 15) is 0 Å². The summed E-state index contributed by atoms with van der Waals surface area (Å²) in [5.41, 5.74) is 1.90. The zero-order valence-corrected chi connectivity index (χ0v) is 9.21. The first-order valence-electron chi connectivity index (χ1n) is 4.92. The molecule has 0 unspecified atom stereocenters. The van der Waals surface area contributed by atoms with Crippen molar-refractivity contribution in [3.8, 4) is 11.5 Å². The molecule has 0 aliphatic rings. The molecule has 16 heavy (non-hydrogen) atoms. The molecule has 5 heteroatoms. The maximum atomic E-state index is 8.85. The van der Waals surface area contributed by atoms with Crippen molar-refractivity contribution in [1.29, 1.82) is 0 Å². The monoisotopic (exact) mass is 219 g/mol. The largest absolute Gasteiger partial charge is 0.388 e. The highest BCUT2D eigenvalue weighted by molar-refractivity contribution is 5.61. The van der Waals surface area contributed by atoms with E-state index in [4.69, 9.17) is 9.63 Å². The van der Waals surface area contributed by atoms with Gasteiger partial charge in [0.2, 0.25) is 0 Å². The van der Waals surface area contributed by atoms with Crippen LogP contribution < -0.4 is 4.90 Å². The molecule has 1 aromatic carbocycles. The van der Waals surface area contributed by atoms with Crippen molar-refractivity contribution in [2.75, 3.05) is 19.0 Å². The summed E-state index contributed by atoms with van der Waals surface area (Å²) in [6.07, 6.45) is 0. The Kier molecular flexibility index (Phi) is 2.87. The molecule has 0 spiro atoms. The molecule has 1 aromatic heterocycles. The van der Waals surface area contributed by atoms with Crippen LogP contribution in [0.15, 0.2) is 28.8 Å². The number of aliphatic hydroxyl groups excluding tert-OH is 1. The molecule has 0 saturated carbocycles. The smallest absolute Gasteiger partial charge is 0.258 e. The van der Waals surface area contributed by atoms with E-state index in [0.717, 1.165) is 11.3 Å². The summed E-state index contributed by atoms with van der Waals surface area (Å²) in [7, 11) is 3.93. The number of hydrogen-bond donors (Lipinski definition) is 1. The summed E-state index contributed by atoms with van der Waals surface area (Å²) in [5, 5.41) is 12.5. The van der Waals surface area contributed by atoms with Crippen LogP contribution in [-0.2, 0) is 6.61 Å². The number of aliphatic hydroxyl groups is 1. The van der Waals surface area contributed by atoms with Gasteiger partial charge in [0, 0.05) is 25.3 Å². The first-order valence-corrected chi connectivity index (χ1v) is 4.92. The molecule has 0 amide bonds. The second-order valence-corrected chi connectivity index (χ2v) is 3.62. The van der Waals surface area contributed by atoms with E-state index in [1.165, 1.54) is 0 Å². The number of anilines is 1. The van der Waals surface area contributed by atoms with Gasteiger partial charge < -0.3 is 14.5 Å². The van der Waals surface area contributed by atoms with Crippen LogP contribution in [0.1, 0.15) is 5.82 Å². The topological polar surface area (TPSA) is 62.4 Å². The van der Waals surface area contributed by atoms with Crippen molar-refractivity contribution in [2.45, 2.75) is 6.61 Å². The van der Waals surface area contributed by atoms with Crippen LogP contribution in [0.25, 0.3) is 11.5 Å². The van der Waals surface area contributed by atoms with Crippen molar-refractivity contribution in [1.82, 2.24) is 10.1 Å². The van der Waals surface area contributed by atoms with Gasteiger partial charge in [-0.1, -0.05) is 11.2 Å². The predicted octanol–water partition coefficient (Wildman–Crippen LogP) is 1.29. The number of rotatable bonds is 3. The average Bonchev–Trinajstić information content (AvgIpc) is 2.77. The van der Waals surface area contributed by atoms with Crippen LogP contribution in [-0.4, -0.2) is 29.3 Å². The Labute approximate surface area is 93.3 Å². The lowest BCUT2D eigenvalue weighted by molar-refractivity contribution is 0.264. The van der Waals surface area contributed by atoms with Gasteiger partial charge in [-0.05, 0) is 18.2 Å². The molecule has 2 aromatic rings. The second kappa shape index (κ2) is 4.32. The molecule has 0 atom stereocenters. The Hall–Kier alpha value is -1.88. The fourth-order valence-electron chi connectivity index (χ4n) is 1.35. The molecule has 1 heterocycles. The Balaban J connectivity index is 2.36. The normalized spacial score (nSPS) is 10.4. The summed E-state index contributed by atoms with van der Waals surface area (Å²) in [6, 6.07) is 7.76. The maximum absolute atomic E-state index is 8.85.